The van der Waals surface area contributed by atoms with E-state index in [-0.39, 0.29) is 24.1 Å². The largest absolute Gasteiger partial charge is 0.495 e. The molecule has 3 aliphatic heterocycles. The fourth-order valence-electron chi connectivity index (χ4n) is 5.75. The van der Waals surface area contributed by atoms with Gasteiger partial charge in [-0.25, -0.2) is 15.0 Å². The summed E-state index contributed by atoms with van der Waals surface area (Å²) in [6.07, 6.45) is 5.05. The van der Waals surface area contributed by atoms with Crippen LogP contribution < -0.4 is 25.4 Å². The molecule has 0 spiro atoms. The molecular weight excluding hydrogens is 609 g/mol. The van der Waals surface area contributed by atoms with Gasteiger partial charge in [-0.1, -0.05) is 29.8 Å². The van der Waals surface area contributed by atoms with Crippen molar-refractivity contribution < 1.29 is 23.7 Å². The highest BCUT2D eigenvalue weighted by Crippen LogP contribution is 2.46. The summed E-state index contributed by atoms with van der Waals surface area (Å²) in [5.74, 6) is 1.54. The average Bonchev–Trinajstić information content (AvgIpc) is 3.65. The van der Waals surface area contributed by atoms with Crippen molar-refractivity contribution in [2.45, 2.75) is 37.1 Å². The van der Waals surface area contributed by atoms with Crippen LogP contribution in [-0.4, -0.2) is 104 Å². The molecule has 1 aromatic carbocycles. The van der Waals surface area contributed by atoms with Crippen LogP contribution in [0.5, 0.6) is 11.5 Å². The van der Waals surface area contributed by atoms with E-state index in [2.05, 4.69) is 32.4 Å². The highest BCUT2D eigenvalue weighted by molar-refractivity contribution is 6.41. The Hall–Kier alpha value is -3.42. The number of anilines is 2. The van der Waals surface area contributed by atoms with E-state index >= 15 is 0 Å². The Morgan fingerprint density at radius 1 is 1.14 bits per heavy atom. The molecule has 12 nitrogen and oxygen atoms in total. The molecule has 1 unspecified atom stereocenters. The second-order valence-electron chi connectivity index (χ2n) is 11.0. The van der Waals surface area contributed by atoms with Gasteiger partial charge in [0.1, 0.15) is 17.0 Å². The van der Waals surface area contributed by atoms with Gasteiger partial charge in [-0.2, -0.15) is 0 Å². The monoisotopic (exact) mass is 643 g/mol. The first-order valence-electron chi connectivity index (χ1n) is 14.5. The van der Waals surface area contributed by atoms with Crippen molar-refractivity contribution in [2.75, 3.05) is 64.3 Å². The van der Waals surface area contributed by atoms with Crippen LogP contribution in [-0.2, 0) is 14.3 Å². The van der Waals surface area contributed by atoms with Gasteiger partial charge in [0.2, 0.25) is 11.9 Å². The maximum Gasteiger partial charge on any atom is 0.243 e. The topological polar surface area (TPSA) is 132 Å². The van der Waals surface area contributed by atoms with Crippen LogP contribution in [0.15, 0.2) is 31.0 Å². The minimum Gasteiger partial charge on any atom is -0.495 e. The highest BCUT2D eigenvalue weighted by atomic mass is 35.5. The zero-order chi connectivity index (χ0) is 30.8. The second-order valence-corrected chi connectivity index (χ2v) is 11.8. The summed E-state index contributed by atoms with van der Waals surface area (Å²) in [7, 11) is 3.06. The van der Waals surface area contributed by atoms with Gasteiger partial charge in [-0.05, 0) is 25.0 Å². The van der Waals surface area contributed by atoms with Crippen LogP contribution in [0, 0.1) is 0 Å². The number of nitrogens with one attached hydrogen (secondary N) is 3. The van der Waals surface area contributed by atoms with Gasteiger partial charge in [0.25, 0.3) is 0 Å². The molecule has 3 saturated heterocycles. The van der Waals surface area contributed by atoms with Gasteiger partial charge in [0, 0.05) is 49.5 Å². The van der Waals surface area contributed by atoms with E-state index in [0.29, 0.717) is 89.0 Å². The van der Waals surface area contributed by atoms with Crippen molar-refractivity contribution >= 4 is 51.8 Å². The molecule has 3 N–H and O–H groups in total. The van der Waals surface area contributed by atoms with Crippen LogP contribution in [0.2, 0.25) is 10.0 Å². The summed E-state index contributed by atoms with van der Waals surface area (Å²) in [5.41, 5.74) is 1.59. The third-order valence-electron chi connectivity index (χ3n) is 8.23. The molecule has 14 heteroatoms. The Bertz CT molecular complexity index is 1520. The third-order valence-corrected chi connectivity index (χ3v) is 8.98. The van der Waals surface area contributed by atoms with E-state index in [1.54, 1.807) is 12.3 Å². The fraction of sp³-hybridized carbons (Fsp3) is 0.467. The van der Waals surface area contributed by atoms with Crippen LogP contribution in [0.25, 0.3) is 22.2 Å². The predicted molar refractivity (Wildman–Crippen MR) is 169 cm³/mol. The van der Waals surface area contributed by atoms with Crippen molar-refractivity contribution in [1.29, 1.82) is 0 Å². The van der Waals surface area contributed by atoms with Crippen LogP contribution >= 0.6 is 23.2 Å². The Balaban J connectivity index is 1.36. The quantitative estimate of drug-likeness (QED) is 0.264. The number of carbonyl (C=O) groups is 1. The van der Waals surface area contributed by atoms with Gasteiger partial charge >= 0.3 is 0 Å². The number of likely N-dealkylation sites (tertiary alicyclic amines) is 1. The van der Waals surface area contributed by atoms with Crippen LogP contribution in [0.4, 0.5) is 11.8 Å². The SMILES string of the molecule is C=CC(=O)N[C@H]1CN(C2COC2)C[C@H]1Nc1ncc2cc(-c3c(Cl)c(OC)cc(OC)c3Cl)nc(NCC3CCCO3)c2n1. The van der Waals surface area contributed by atoms with Crippen molar-refractivity contribution in [2.24, 2.45) is 0 Å². The molecule has 5 heterocycles. The number of nitrogens with zero attached hydrogens (tertiary/aromatic N) is 4. The van der Waals surface area contributed by atoms with Crippen molar-refractivity contribution in [3.8, 4) is 22.8 Å². The summed E-state index contributed by atoms with van der Waals surface area (Å²) in [4.78, 5) is 29.0. The Morgan fingerprint density at radius 3 is 2.52 bits per heavy atom. The molecule has 0 saturated carbocycles. The van der Waals surface area contributed by atoms with Crippen molar-refractivity contribution in [3.05, 3.63) is 41.0 Å². The molecule has 2 aromatic heterocycles. The number of aromatic nitrogens is 3. The van der Waals surface area contributed by atoms with Crippen LogP contribution in [0.1, 0.15) is 12.8 Å². The molecule has 1 amide bonds. The van der Waals surface area contributed by atoms with E-state index in [4.69, 9.17) is 52.1 Å². The second kappa shape index (κ2) is 13.3. The number of fused-ring (bicyclic) bond motifs is 1. The molecule has 3 aliphatic rings. The summed E-state index contributed by atoms with van der Waals surface area (Å²) in [5, 5.41) is 11.3. The first kappa shape index (κ1) is 30.6. The highest BCUT2D eigenvalue weighted by Gasteiger charge is 2.39. The maximum absolute atomic E-state index is 12.2. The average molecular weight is 645 g/mol. The third kappa shape index (κ3) is 6.22. The number of ether oxygens (including phenoxy) is 4. The molecule has 0 radical (unpaired) electrons. The minimum absolute atomic E-state index is 0.0632. The number of rotatable bonds is 11. The molecule has 6 rings (SSSR count). The number of hydrogen-bond donors (Lipinski definition) is 3. The number of amides is 1. The van der Waals surface area contributed by atoms with Gasteiger partial charge in [0.15, 0.2) is 5.82 Å². The van der Waals surface area contributed by atoms with E-state index in [1.807, 2.05) is 6.07 Å². The van der Waals surface area contributed by atoms with E-state index in [0.717, 1.165) is 24.8 Å². The van der Waals surface area contributed by atoms with Crippen molar-refractivity contribution in [1.82, 2.24) is 25.2 Å². The predicted octanol–water partition coefficient (Wildman–Crippen LogP) is 3.77. The lowest BCUT2D eigenvalue weighted by Gasteiger charge is -2.34. The summed E-state index contributed by atoms with van der Waals surface area (Å²) in [6.45, 7) is 7.64. The number of benzene rings is 1. The van der Waals surface area contributed by atoms with E-state index in [9.17, 15) is 4.79 Å². The molecule has 3 atom stereocenters. The Kier molecular flexibility index (Phi) is 9.24. The molecule has 3 aromatic rings. The first-order valence-corrected chi connectivity index (χ1v) is 15.3. The Morgan fingerprint density at radius 2 is 1.89 bits per heavy atom. The maximum atomic E-state index is 12.2. The lowest BCUT2D eigenvalue weighted by atomic mass is 10.1. The van der Waals surface area contributed by atoms with E-state index in [1.165, 1.54) is 20.3 Å². The number of pyridine rings is 1. The smallest absolute Gasteiger partial charge is 0.243 e. The van der Waals surface area contributed by atoms with Gasteiger partial charge in [-0.15, -0.1) is 0 Å². The number of carbonyl (C=O) groups excluding carboxylic acids is 1. The molecule has 3 fully saturated rings. The lowest BCUT2D eigenvalue weighted by Crippen LogP contribution is -2.49. The normalized spacial score (nSPS) is 22.0. The molecule has 0 bridgehead atoms. The molecule has 234 valence electrons. The minimum atomic E-state index is -0.225. The van der Waals surface area contributed by atoms with E-state index < -0.39 is 0 Å². The van der Waals surface area contributed by atoms with Gasteiger partial charge < -0.3 is 34.9 Å². The van der Waals surface area contributed by atoms with Gasteiger partial charge in [-0.3, -0.25) is 9.69 Å². The zero-order valence-corrected chi connectivity index (χ0v) is 26.1. The Labute approximate surface area is 265 Å². The number of hydrogen-bond acceptors (Lipinski definition) is 11. The summed E-state index contributed by atoms with van der Waals surface area (Å²) in [6, 6.07) is 3.51. The number of methoxy groups -OCH3 is 2. The summed E-state index contributed by atoms with van der Waals surface area (Å²) < 4.78 is 22.2. The first-order chi connectivity index (χ1) is 21.4. The van der Waals surface area contributed by atoms with Crippen LogP contribution in [0.3, 0.4) is 0 Å². The molecule has 44 heavy (non-hydrogen) atoms. The summed E-state index contributed by atoms with van der Waals surface area (Å²) >= 11 is 13.5. The lowest BCUT2D eigenvalue weighted by molar-refractivity contribution is -0.117. The molecular formula is C30H35Cl2N7O5. The van der Waals surface area contributed by atoms with Gasteiger partial charge in [0.05, 0.1) is 67.4 Å². The fourth-order valence-corrected chi connectivity index (χ4v) is 6.45. The molecule has 0 aliphatic carbocycles. The standard InChI is InChI=1S/C30H35Cl2N7O5/c1-4-24(40)35-20-12-39(17-14-43-15-17)13-21(20)37-30-34-10-16-8-19(25-26(31)22(41-2)9-23(42-3)27(25)32)36-29(28(16)38-30)33-11-18-6-5-7-44-18/h4,8-10,17-18,20-21H,1,5-7,11-15H2,2-3H3,(H,33,36)(H,35,40)(H,34,37,38)/t18?,20-,21+/m0/s1. The number of halogens is 2. The van der Waals surface area contributed by atoms with Crippen molar-refractivity contribution in [3.63, 3.8) is 0 Å². The zero-order valence-electron chi connectivity index (χ0n) is 24.6.